The van der Waals surface area contributed by atoms with Crippen molar-refractivity contribution in [2.24, 2.45) is 17.1 Å². The second kappa shape index (κ2) is 6.18. The third-order valence-electron chi connectivity index (χ3n) is 3.12. The Morgan fingerprint density at radius 3 is 2.67 bits per heavy atom. The van der Waals surface area contributed by atoms with Crippen LogP contribution in [0.2, 0.25) is 0 Å². The Morgan fingerprint density at radius 2 is 2.22 bits per heavy atom. The minimum atomic E-state index is -0.151. The number of nitrogens with one attached hydrogen (secondary N) is 2. The molecule has 5 nitrogen and oxygen atoms in total. The molecule has 0 spiro atoms. The Labute approximate surface area is 109 Å². The first-order valence-corrected chi connectivity index (χ1v) is 6.59. The summed E-state index contributed by atoms with van der Waals surface area (Å²) in [5, 5.41) is 5.71. The van der Waals surface area contributed by atoms with Crippen LogP contribution in [0, 0.1) is 11.3 Å². The third kappa shape index (κ3) is 5.04. The predicted octanol–water partition coefficient (Wildman–Crippen LogP) is 0.392. The topological polar surface area (TPSA) is 84.2 Å². The van der Waals surface area contributed by atoms with E-state index < -0.39 is 0 Å². The van der Waals surface area contributed by atoms with Crippen molar-refractivity contribution < 1.29 is 9.59 Å². The van der Waals surface area contributed by atoms with E-state index >= 15 is 0 Å². The lowest BCUT2D eigenvalue weighted by Crippen LogP contribution is -2.43. The summed E-state index contributed by atoms with van der Waals surface area (Å²) in [7, 11) is 0. The van der Waals surface area contributed by atoms with E-state index in [2.05, 4.69) is 31.4 Å². The maximum absolute atomic E-state index is 12.0. The summed E-state index contributed by atoms with van der Waals surface area (Å²) < 4.78 is 0. The fourth-order valence-corrected chi connectivity index (χ4v) is 2.22. The first kappa shape index (κ1) is 15.0. The molecule has 0 saturated carbocycles. The number of nitrogens with two attached hydrogens (primary N) is 1. The Bertz CT molecular complexity index is 310. The molecule has 104 valence electrons. The van der Waals surface area contributed by atoms with Gasteiger partial charge in [0, 0.05) is 25.6 Å². The predicted molar refractivity (Wildman–Crippen MR) is 70.8 cm³/mol. The Kier molecular flexibility index (Phi) is 5.14. The Hall–Kier alpha value is -1.10. The number of hydrogen-bond acceptors (Lipinski definition) is 3. The molecule has 1 heterocycles. The highest BCUT2D eigenvalue weighted by Gasteiger charge is 2.25. The summed E-state index contributed by atoms with van der Waals surface area (Å²) in [6, 6.07) is 0.0783. The molecule has 1 rings (SSSR count). The van der Waals surface area contributed by atoms with Crippen molar-refractivity contribution in [3.05, 3.63) is 0 Å². The van der Waals surface area contributed by atoms with Crippen LogP contribution in [0.1, 0.15) is 40.0 Å². The number of carbonyl (C=O) groups is 2. The van der Waals surface area contributed by atoms with Gasteiger partial charge in [0.05, 0.1) is 5.92 Å². The van der Waals surface area contributed by atoms with E-state index in [4.69, 9.17) is 5.73 Å². The Morgan fingerprint density at radius 1 is 1.56 bits per heavy atom. The first-order valence-electron chi connectivity index (χ1n) is 6.59. The van der Waals surface area contributed by atoms with Crippen LogP contribution in [0.3, 0.4) is 0 Å². The molecule has 0 aromatic carbocycles. The van der Waals surface area contributed by atoms with E-state index in [1.54, 1.807) is 0 Å². The molecule has 0 aromatic rings. The monoisotopic (exact) mass is 255 g/mol. The van der Waals surface area contributed by atoms with Gasteiger partial charge in [-0.1, -0.05) is 20.8 Å². The van der Waals surface area contributed by atoms with Gasteiger partial charge in [-0.25, -0.2) is 0 Å². The molecule has 5 heteroatoms. The van der Waals surface area contributed by atoms with Gasteiger partial charge in [-0.2, -0.15) is 0 Å². The van der Waals surface area contributed by atoms with Crippen molar-refractivity contribution in [2.75, 3.05) is 13.1 Å². The van der Waals surface area contributed by atoms with E-state index in [9.17, 15) is 9.59 Å². The average molecular weight is 255 g/mol. The molecule has 0 radical (unpaired) electrons. The highest BCUT2D eigenvalue weighted by atomic mass is 16.2. The van der Waals surface area contributed by atoms with Crippen molar-refractivity contribution in [1.29, 1.82) is 0 Å². The van der Waals surface area contributed by atoms with Crippen LogP contribution >= 0.6 is 0 Å². The van der Waals surface area contributed by atoms with Gasteiger partial charge in [-0.15, -0.1) is 0 Å². The summed E-state index contributed by atoms with van der Waals surface area (Å²) in [6.07, 6.45) is 2.13. The van der Waals surface area contributed by atoms with Gasteiger partial charge in [0.1, 0.15) is 0 Å². The molecule has 1 aliphatic heterocycles. The first-order chi connectivity index (χ1) is 8.31. The van der Waals surface area contributed by atoms with Gasteiger partial charge in [-0.05, 0) is 18.3 Å². The largest absolute Gasteiger partial charge is 0.354 e. The smallest absolute Gasteiger partial charge is 0.224 e. The van der Waals surface area contributed by atoms with Crippen molar-refractivity contribution in [3.63, 3.8) is 0 Å². The van der Waals surface area contributed by atoms with E-state index in [0.717, 1.165) is 12.8 Å². The molecule has 1 aliphatic rings. The fourth-order valence-electron chi connectivity index (χ4n) is 2.22. The average Bonchev–Trinajstić information content (AvgIpc) is 2.67. The van der Waals surface area contributed by atoms with Crippen molar-refractivity contribution >= 4 is 11.8 Å². The normalized spacial score (nSPS) is 21.6. The number of carbonyl (C=O) groups excluding carboxylic acids is 2. The maximum Gasteiger partial charge on any atom is 0.224 e. The van der Waals surface area contributed by atoms with Gasteiger partial charge in [-0.3, -0.25) is 9.59 Å². The summed E-state index contributed by atoms with van der Waals surface area (Å²) in [5.74, 6) is -0.0880. The summed E-state index contributed by atoms with van der Waals surface area (Å²) in [6.45, 7) is 7.16. The van der Waals surface area contributed by atoms with Crippen molar-refractivity contribution in [1.82, 2.24) is 10.6 Å². The zero-order valence-electron chi connectivity index (χ0n) is 11.6. The van der Waals surface area contributed by atoms with Gasteiger partial charge in [0.15, 0.2) is 0 Å². The van der Waals surface area contributed by atoms with E-state index in [-0.39, 0.29) is 29.2 Å². The van der Waals surface area contributed by atoms with Crippen LogP contribution in [0.15, 0.2) is 0 Å². The number of rotatable bonds is 5. The molecule has 2 amide bonds. The van der Waals surface area contributed by atoms with Crippen LogP contribution in [-0.2, 0) is 9.59 Å². The quantitative estimate of drug-likeness (QED) is 0.664. The lowest BCUT2D eigenvalue weighted by Gasteiger charge is -2.24. The van der Waals surface area contributed by atoms with E-state index in [1.807, 2.05) is 0 Å². The molecule has 0 aromatic heterocycles. The van der Waals surface area contributed by atoms with Crippen LogP contribution in [0.25, 0.3) is 0 Å². The summed E-state index contributed by atoms with van der Waals surface area (Å²) in [5.41, 5.74) is 5.74. The lowest BCUT2D eigenvalue weighted by molar-refractivity contribution is -0.126. The van der Waals surface area contributed by atoms with Gasteiger partial charge in [0.2, 0.25) is 11.8 Å². The van der Waals surface area contributed by atoms with Gasteiger partial charge >= 0.3 is 0 Å². The van der Waals surface area contributed by atoms with Crippen molar-refractivity contribution in [2.45, 2.75) is 46.1 Å². The highest BCUT2D eigenvalue weighted by molar-refractivity contribution is 5.80. The molecule has 2 atom stereocenters. The highest BCUT2D eigenvalue weighted by Crippen LogP contribution is 2.24. The molecular formula is C13H25N3O2. The second-order valence-corrected chi connectivity index (χ2v) is 6.25. The van der Waals surface area contributed by atoms with E-state index in [1.165, 1.54) is 0 Å². The van der Waals surface area contributed by atoms with Crippen LogP contribution in [0.5, 0.6) is 0 Å². The molecule has 0 bridgehead atoms. The lowest BCUT2D eigenvalue weighted by atomic mass is 9.84. The minimum absolute atomic E-state index is 0.00595. The Balaban J connectivity index is 2.36. The fraction of sp³-hybridized carbons (Fsp3) is 0.846. The zero-order chi connectivity index (χ0) is 13.8. The molecule has 2 unspecified atom stereocenters. The molecule has 1 fully saturated rings. The molecular weight excluding hydrogens is 230 g/mol. The van der Waals surface area contributed by atoms with Crippen LogP contribution in [-0.4, -0.2) is 30.9 Å². The van der Waals surface area contributed by atoms with Gasteiger partial charge < -0.3 is 16.4 Å². The van der Waals surface area contributed by atoms with Crippen molar-refractivity contribution in [3.8, 4) is 0 Å². The van der Waals surface area contributed by atoms with Gasteiger partial charge in [0.25, 0.3) is 0 Å². The van der Waals surface area contributed by atoms with E-state index in [0.29, 0.717) is 19.5 Å². The second-order valence-electron chi connectivity index (χ2n) is 6.25. The standard InChI is InChI=1S/C13H25N3O2/c1-13(2,3)6-9(7-14)12(18)15-8-10-4-5-11(17)16-10/h9-10H,4-8,14H2,1-3H3,(H,15,18)(H,16,17). The summed E-state index contributed by atoms with van der Waals surface area (Å²) in [4.78, 5) is 23.0. The molecule has 0 aliphatic carbocycles. The van der Waals surface area contributed by atoms with Crippen LogP contribution in [0.4, 0.5) is 0 Å². The summed E-state index contributed by atoms with van der Waals surface area (Å²) >= 11 is 0. The van der Waals surface area contributed by atoms with Crippen LogP contribution < -0.4 is 16.4 Å². The molecule has 1 saturated heterocycles. The molecule has 18 heavy (non-hydrogen) atoms. The number of amides is 2. The molecule has 4 N–H and O–H groups in total. The third-order valence-corrected chi connectivity index (χ3v) is 3.12. The SMILES string of the molecule is CC(C)(C)CC(CN)C(=O)NCC1CCC(=O)N1. The maximum atomic E-state index is 12.0. The zero-order valence-corrected chi connectivity index (χ0v) is 11.6. The number of hydrogen-bond donors (Lipinski definition) is 3. The minimum Gasteiger partial charge on any atom is -0.354 e.